The average Bonchev–Trinajstić information content (AvgIpc) is 2.43. The first-order valence-corrected chi connectivity index (χ1v) is 6.17. The molecule has 0 aliphatic rings. The Bertz CT molecular complexity index is 406. The van der Waals surface area contributed by atoms with Crippen LogP contribution < -0.4 is 9.47 Å². The summed E-state index contributed by atoms with van der Waals surface area (Å²) >= 11 is 0. The van der Waals surface area contributed by atoms with Gasteiger partial charge in [0.1, 0.15) is 11.5 Å². The molecule has 3 heteroatoms. The largest absolute Gasteiger partial charge is 0.497 e. The molecule has 0 aliphatic heterocycles. The highest BCUT2D eigenvalue weighted by Gasteiger charge is 1.99. The Hall–Kier alpha value is -1.66. The van der Waals surface area contributed by atoms with Crippen LogP contribution in [0.4, 0.5) is 0 Å². The number of benzene rings is 1. The third-order valence-electron chi connectivity index (χ3n) is 2.78. The van der Waals surface area contributed by atoms with E-state index < -0.39 is 0 Å². The summed E-state index contributed by atoms with van der Waals surface area (Å²) in [6.45, 7) is 7.10. The van der Waals surface area contributed by atoms with Gasteiger partial charge in [0.2, 0.25) is 0 Å². The van der Waals surface area contributed by atoms with Crippen molar-refractivity contribution in [2.75, 3.05) is 33.9 Å². The lowest BCUT2D eigenvalue weighted by Crippen LogP contribution is -2.22. The van der Waals surface area contributed by atoms with Crippen LogP contribution in [0.2, 0.25) is 0 Å². The first kappa shape index (κ1) is 14.4. The molecule has 0 atom stereocenters. The molecule has 0 unspecified atom stereocenters. The maximum absolute atomic E-state index is 5.21. The second kappa shape index (κ2) is 7.62. The van der Waals surface area contributed by atoms with E-state index in [2.05, 4.69) is 30.6 Å². The summed E-state index contributed by atoms with van der Waals surface area (Å²) in [5.74, 6) is 7.84. The molecule has 0 bridgehead atoms. The molecule has 98 valence electrons. The zero-order valence-electron chi connectivity index (χ0n) is 11.6. The highest BCUT2D eigenvalue weighted by Crippen LogP contribution is 2.21. The maximum Gasteiger partial charge on any atom is 0.123 e. The van der Waals surface area contributed by atoms with Crippen LogP contribution in [-0.4, -0.2) is 38.8 Å². The number of hydrogen-bond donors (Lipinski definition) is 0. The molecule has 0 heterocycles. The van der Waals surface area contributed by atoms with Gasteiger partial charge in [0.05, 0.1) is 20.8 Å². The minimum Gasteiger partial charge on any atom is -0.497 e. The van der Waals surface area contributed by atoms with Crippen LogP contribution in [-0.2, 0) is 0 Å². The molecule has 0 saturated carbocycles. The summed E-state index contributed by atoms with van der Waals surface area (Å²) in [6, 6.07) is 5.67. The van der Waals surface area contributed by atoms with Crippen LogP contribution >= 0.6 is 0 Å². The van der Waals surface area contributed by atoms with Gasteiger partial charge in [0.15, 0.2) is 0 Å². The molecule has 18 heavy (non-hydrogen) atoms. The van der Waals surface area contributed by atoms with Gasteiger partial charge in [-0.05, 0) is 25.2 Å². The van der Waals surface area contributed by atoms with Crippen molar-refractivity contribution in [3.63, 3.8) is 0 Å². The third-order valence-corrected chi connectivity index (χ3v) is 2.78. The van der Waals surface area contributed by atoms with E-state index in [1.165, 1.54) is 0 Å². The van der Waals surface area contributed by atoms with Gasteiger partial charge in [0, 0.05) is 11.6 Å². The van der Waals surface area contributed by atoms with Crippen molar-refractivity contribution >= 4 is 0 Å². The van der Waals surface area contributed by atoms with Crippen LogP contribution in [0.15, 0.2) is 18.2 Å². The quantitative estimate of drug-likeness (QED) is 0.746. The average molecular weight is 247 g/mol. The number of ether oxygens (including phenoxy) is 2. The van der Waals surface area contributed by atoms with Crippen molar-refractivity contribution in [3.8, 4) is 23.3 Å². The van der Waals surface area contributed by atoms with Crippen LogP contribution in [0.5, 0.6) is 11.5 Å². The van der Waals surface area contributed by atoms with E-state index in [1.54, 1.807) is 14.2 Å². The Morgan fingerprint density at radius 1 is 1.00 bits per heavy atom. The van der Waals surface area contributed by atoms with E-state index in [1.807, 2.05) is 18.2 Å². The number of nitrogens with zero attached hydrogens (tertiary/aromatic N) is 1. The second-order valence-electron chi connectivity index (χ2n) is 3.86. The Balaban J connectivity index is 2.80. The maximum atomic E-state index is 5.21. The van der Waals surface area contributed by atoms with E-state index in [-0.39, 0.29) is 0 Å². The molecule has 3 nitrogen and oxygen atoms in total. The van der Waals surface area contributed by atoms with Crippen molar-refractivity contribution in [2.24, 2.45) is 0 Å². The van der Waals surface area contributed by atoms with E-state index in [9.17, 15) is 0 Å². The predicted octanol–water partition coefficient (Wildman–Crippen LogP) is 2.40. The van der Waals surface area contributed by atoms with Crippen LogP contribution in [0.25, 0.3) is 0 Å². The molecule has 0 amide bonds. The normalized spacial score (nSPS) is 9.83. The van der Waals surface area contributed by atoms with Gasteiger partial charge in [-0.15, -0.1) is 0 Å². The molecule has 0 aromatic heterocycles. The molecule has 1 aromatic carbocycles. The molecular weight excluding hydrogens is 226 g/mol. The molecule has 0 fully saturated rings. The smallest absolute Gasteiger partial charge is 0.123 e. The summed E-state index contributed by atoms with van der Waals surface area (Å²) in [4.78, 5) is 2.27. The molecule has 0 radical (unpaired) electrons. The van der Waals surface area contributed by atoms with Crippen molar-refractivity contribution in [3.05, 3.63) is 23.8 Å². The molecule has 0 spiro atoms. The van der Waals surface area contributed by atoms with Crippen LogP contribution in [0.3, 0.4) is 0 Å². The molecule has 1 rings (SSSR count). The molecule has 0 saturated heterocycles. The minimum atomic E-state index is 0.765. The van der Waals surface area contributed by atoms with Crippen LogP contribution in [0, 0.1) is 11.8 Å². The lowest BCUT2D eigenvalue weighted by atomic mass is 10.2. The van der Waals surface area contributed by atoms with Crippen molar-refractivity contribution in [2.45, 2.75) is 13.8 Å². The highest BCUT2D eigenvalue weighted by atomic mass is 16.5. The van der Waals surface area contributed by atoms with Gasteiger partial charge >= 0.3 is 0 Å². The summed E-state index contributed by atoms with van der Waals surface area (Å²) < 4.78 is 10.4. The zero-order valence-corrected chi connectivity index (χ0v) is 11.6. The monoisotopic (exact) mass is 247 g/mol. The predicted molar refractivity (Wildman–Crippen MR) is 74.2 cm³/mol. The molecule has 0 aliphatic carbocycles. The summed E-state index contributed by atoms with van der Waals surface area (Å²) in [5.41, 5.74) is 0.915. The zero-order chi connectivity index (χ0) is 13.4. The van der Waals surface area contributed by atoms with Crippen LogP contribution in [0.1, 0.15) is 19.4 Å². The first-order valence-electron chi connectivity index (χ1n) is 6.17. The Morgan fingerprint density at radius 2 is 1.56 bits per heavy atom. The summed E-state index contributed by atoms with van der Waals surface area (Å²) in [5, 5.41) is 0. The third kappa shape index (κ3) is 4.31. The number of rotatable bonds is 5. The van der Waals surface area contributed by atoms with E-state index in [4.69, 9.17) is 9.47 Å². The first-order chi connectivity index (χ1) is 8.73. The fourth-order valence-corrected chi connectivity index (χ4v) is 1.58. The van der Waals surface area contributed by atoms with Gasteiger partial charge < -0.3 is 9.47 Å². The molecule has 1 aromatic rings. The molecule has 0 N–H and O–H groups in total. The second-order valence-corrected chi connectivity index (χ2v) is 3.86. The van der Waals surface area contributed by atoms with Gasteiger partial charge in [-0.1, -0.05) is 25.7 Å². The SMILES string of the molecule is CCN(CC)CC#Cc1cc(OC)cc(OC)c1. The van der Waals surface area contributed by atoms with E-state index >= 15 is 0 Å². The Kier molecular flexibility index (Phi) is 6.10. The number of hydrogen-bond acceptors (Lipinski definition) is 3. The summed E-state index contributed by atoms with van der Waals surface area (Å²) in [6.07, 6.45) is 0. The standard InChI is InChI=1S/C15H21NO2/c1-5-16(6-2)9-7-8-13-10-14(17-3)12-15(11-13)18-4/h10-12H,5-6,9H2,1-4H3. The van der Waals surface area contributed by atoms with Gasteiger partial charge in [-0.2, -0.15) is 0 Å². The van der Waals surface area contributed by atoms with Crippen molar-refractivity contribution in [1.29, 1.82) is 0 Å². The Labute approximate surface area is 110 Å². The highest BCUT2D eigenvalue weighted by molar-refractivity contribution is 5.46. The fraction of sp³-hybridized carbons (Fsp3) is 0.467. The Morgan fingerprint density at radius 3 is 2.00 bits per heavy atom. The van der Waals surface area contributed by atoms with Crippen molar-refractivity contribution < 1.29 is 9.47 Å². The van der Waals surface area contributed by atoms with Crippen molar-refractivity contribution in [1.82, 2.24) is 4.90 Å². The van der Waals surface area contributed by atoms with Gasteiger partial charge in [-0.25, -0.2) is 0 Å². The topological polar surface area (TPSA) is 21.7 Å². The van der Waals surface area contributed by atoms with E-state index in [0.29, 0.717) is 0 Å². The lowest BCUT2D eigenvalue weighted by Gasteiger charge is -2.13. The lowest BCUT2D eigenvalue weighted by molar-refractivity contribution is 0.342. The fourth-order valence-electron chi connectivity index (χ4n) is 1.58. The van der Waals surface area contributed by atoms with Gasteiger partial charge in [0.25, 0.3) is 0 Å². The summed E-state index contributed by atoms with van der Waals surface area (Å²) in [7, 11) is 3.28. The molecular formula is C15H21NO2. The minimum absolute atomic E-state index is 0.765. The van der Waals surface area contributed by atoms with E-state index in [0.717, 1.165) is 36.7 Å². The van der Waals surface area contributed by atoms with Gasteiger partial charge in [-0.3, -0.25) is 4.90 Å². The number of methoxy groups -OCH3 is 2.